The zero-order chi connectivity index (χ0) is 23.0. The van der Waals surface area contributed by atoms with E-state index in [4.69, 9.17) is 27.6 Å². The van der Waals surface area contributed by atoms with Crippen LogP contribution in [0.3, 0.4) is 0 Å². The number of carbonyl (C=O) groups excluding carboxylic acids is 3. The lowest BCUT2D eigenvalue weighted by Gasteiger charge is -2.12. The minimum Gasteiger partial charge on any atom is -0.462 e. The van der Waals surface area contributed by atoms with Crippen molar-refractivity contribution in [1.82, 2.24) is 4.90 Å². The van der Waals surface area contributed by atoms with E-state index in [-0.39, 0.29) is 31.5 Å². The molecule has 2 heterocycles. The van der Waals surface area contributed by atoms with Gasteiger partial charge in [0.15, 0.2) is 11.0 Å². The summed E-state index contributed by atoms with van der Waals surface area (Å²) >= 11 is 12.7. The highest BCUT2D eigenvalue weighted by Crippen LogP contribution is 2.32. The third kappa shape index (κ3) is 4.43. The molecule has 1 aliphatic rings. The Morgan fingerprint density at radius 1 is 1.19 bits per heavy atom. The minimum atomic E-state index is -0.678. The van der Waals surface area contributed by atoms with Crippen LogP contribution < -0.4 is 10.7 Å². The summed E-state index contributed by atoms with van der Waals surface area (Å²) in [4.78, 5) is 51.0. The monoisotopic (exact) mass is 488 g/mol. The van der Waals surface area contributed by atoms with Crippen molar-refractivity contribution >= 4 is 74.7 Å². The Bertz CT molecular complexity index is 1380. The zero-order valence-electron chi connectivity index (χ0n) is 16.5. The van der Waals surface area contributed by atoms with Gasteiger partial charge in [0.1, 0.15) is 12.8 Å². The molecule has 1 aromatic heterocycles. The van der Waals surface area contributed by atoms with Crippen molar-refractivity contribution in [3.05, 3.63) is 79.0 Å². The highest BCUT2D eigenvalue weighted by molar-refractivity contribution is 8.18. The van der Waals surface area contributed by atoms with Crippen LogP contribution in [0.5, 0.6) is 0 Å². The number of nitrogens with one attached hydrogen (secondary N) is 1. The lowest BCUT2D eigenvalue weighted by atomic mass is 10.1. The largest absolute Gasteiger partial charge is 0.462 e. The van der Waals surface area contributed by atoms with E-state index in [2.05, 4.69) is 5.32 Å². The maximum atomic E-state index is 12.8. The van der Waals surface area contributed by atoms with Gasteiger partial charge in [-0.1, -0.05) is 35.3 Å². The van der Waals surface area contributed by atoms with Gasteiger partial charge < -0.3 is 9.73 Å². The number of nitrogens with zero attached hydrogens (tertiary/aromatic N) is 1. The van der Waals surface area contributed by atoms with E-state index in [0.29, 0.717) is 17.4 Å². The van der Waals surface area contributed by atoms with Crippen LogP contribution in [0.25, 0.3) is 17.0 Å². The summed E-state index contributed by atoms with van der Waals surface area (Å²) in [6.07, 6.45) is 2.41. The smallest absolute Gasteiger partial charge is 0.294 e. The number of hydrogen-bond acceptors (Lipinski definition) is 6. The van der Waals surface area contributed by atoms with E-state index < -0.39 is 29.0 Å². The molecule has 0 bridgehead atoms. The van der Waals surface area contributed by atoms with Crippen molar-refractivity contribution in [3.63, 3.8) is 0 Å². The van der Waals surface area contributed by atoms with Crippen LogP contribution in [-0.2, 0) is 9.59 Å². The predicted octanol–water partition coefficient (Wildman–Crippen LogP) is 5.08. The molecule has 0 aliphatic carbocycles. The number of benzene rings is 2. The summed E-state index contributed by atoms with van der Waals surface area (Å²) in [7, 11) is 0. The van der Waals surface area contributed by atoms with Crippen LogP contribution in [0.4, 0.5) is 10.5 Å². The van der Waals surface area contributed by atoms with Gasteiger partial charge in [-0.05, 0) is 54.6 Å². The first-order chi connectivity index (χ1) is 15.2. The molecule has 1 fully saturated rings. The van der Waals surface area contributed by atoms with Crippen molar-refractivity contribution in [3.8, 4) is 0 Å². The number of anilines is 1. The molecule has 1 aliphatic heterocycles. The maximum Gasteiger partial charge on any atom is 0.294 e. The average Bonchev–Trinajstić information content (AvgIpc) is 2.98. The highest BCUT2D eigenvalue weighted by atomic mass is 35.5. The molecule has 1 N–H and O–H groups in total. The molecular weight excluding hydrogens is 475 g/mol. The van der Waals surface area contributed by atoms with Crippen molar-refractivity contribution in [1.29, 1.82) is 0 Å². The normalized spacial score (nSPS) is 15.1. The van der Waals surface area contributed by atoms with Crippen molar-refractivity contribution in [2.24, 2.45) is 0 Å². The lowest BCUT2D eigenvalue weighted by molar-refractivity contribution is -0.127. The van der Waals surface area contributed by atoms with E-state index in [1.165, 1.54) is 18.2 Å². The second-order valence-electron chi connectivity index (χ2n) is 6.97. The van der Waals surface area contributed by atoms with Crippen LogP contribution >= 0.6 is 35.0 Å². The number of thioether (sulfide) groups is 1. The van der Waals surface area contributed by atoms with Crippen LogP contribution in [0.15, 0.2) is 56.8 Å². The third-order valence-electron chi connectivity index (χ3n) is 4.58. The number of fused-ring (bicyclic) bond motifs is 1. The Morgan fingerprint density at radius 3 is 2.72 bits per heavy atom. The van der Waals surface area contributed by atoms with Gasteiger partial charge in [0, 0.05) is 10.7 Å². The van der Waals surface area contributed by atoms with E-state index in [1.54, 1.807) is 18.2 Å². The molecule has 0 saturated carbocycles. The topological polar surface area (TPSA) is 96.7 Å². The first-order valence-electron chi connectivity index (χ1n) is 9.25. The lowest BCUT2D eigenvalue weighted by Crippen LogP contribution is -2.36. The number of imide groups is 1. The molecule has 0 spiro atoms. The number of aryl methyl sites for hydroxylation is 1. The Kier molecular flexibility index (Phi) is 6.10. The second-order valence-corrected chi connectivity index (χ2v) is 8.81. The molecule has 2 aromatic carbocycles. The number of amides is 3. The van der Waals surface area contributed by atoms with E-state index in [1.807, 2.05) is 13.0 Å². The van der Waals surface area contributed by atoms with Gasteiger partial charge in [0.2, 0.25) is 5.91 Å². The predicted molar refractivity (Wildman–Crippen MR) is 125 cm³/mol. The molecule has 7 nitrogen and oxygen atoms in total. The molecule has 1 saturated heterocycles. The van der Waals surface area contributed by atoms with Crippen LogP contribution in [0, 0.1) is 6.92 Å². The zero-order valence-corrected chi connectivity index (χ0v) is 18.8. The fourth-order valence-corrected chi connectivity index (χ4v) is 4.49. The van der Waals surface area contributed by atoms with Gasteiger partial charge in [-0.15, -0.1) is 0 Å². The van der Waals surface area contributed by atoms with E-state index in [0.717, 1.165) is 16.7 Å². The molecule has 10 heteroatoms. The fourth-order valence-electron chi connectivity index (χ4n) is 3.12. The standard InChI is InChI=1S/C22H14Cl2N2O5S/c1-11-3-2-4-14(5-11)25-18(27)9-26-21(29)17(32-22(26)30)6-12-10-31-20-15(19(12)28)7-13(23)8-16(20)24/h2-8,10H,9H2,1H3,(H,25,27)/b17-6-. The van der Waals surface area contributed by atoms with Crippen LogP contribution in [-0.4, -0.2) is 28.5 Å². The molecule has 3 amide bonds. The van der Waals surface area contributed by atoms with Crippen molar-refractivity contribution < 1.29 is 18.8 Å². The molecule has 0 radical (unpaired) electrons. The number of carbonyl (C=O) groups is 3. The molecule has 0 atom stereocenters. The van der Waals surface area contributed by atoms with Gasteiger partial charge in [0.05, 0.1) is 20.9 Å². The summed E-state index contributed by atoms with van der Waals surface area (Å²) < 4.78 is 5.43. The minimum absolute atomic E-state index is 0.00173. The van der Waals surface area contributed by atoms with E-state index in [9.17, 15) is 19.2 Å². The van der Waals surface area contributed by atoms with Crippen molar-refractivity contribution in [2.75, 3.05) is 11.9 Å². The second kappa shape index (κ2) is 8.82. The van der Waals surface area contributed by atoms with E-state index >= 15 is 0 Å². The summed E-state index contributed by atoms with van der Waals surface area (Å²) in [5.41, 5.74) is 1.27. The molecule has 162 valence electrons. The highest BCUT2D eigenvalue weighted by Gasteiger charge is 2.36. The Hall–Kier alpha value is -3.07. The van der Waals surface area contributed by atoms with Gasteiger partial charge in [0.25, 0.3) is 11.1 Å². The summed E-state index contributed by atoms with van der Waals surface area (Å²) in [5, 5.41) is 2.62. The van der Waals surface area contributed by atoms with Gasteiger partial charge >= 0.3 is 0 Å². The van der Waals surface area contributed by atoms with Crippen LogP contribution in [0.2, 0.25) is 10.0 Å². The van der Waals surface area contributed by atoms with Gasteiger partial charge in [-0.3, -0.25) is 24.1 Å². The number of halogens is 2. The SMILES string of the molecule is Cc1cccc(NC(=O)CN2C(=O)S/C(=C\c3coc4c(Cl)cc(Cl)cc4c3=O)C2=O)c1. The summed E-state index contributed by atoms with van der Waals surface area (Å²) in [6, 6.07) is 9.99. The summed E-state index contributed by atoms with van der Waals surface area (Å²) in [6.45, 7) is 1.43. The van der Waals surface area contributed by atoms with Crippen LogP contribution in [0.1, 0.15) is 11.1 Å². The average molecular weight is 489 g/mol. The first kappa shape index (κ1) is 22.1. The third-order valence-corrected chi connectivity index (χ3v) is 5.99. The van der Waals surface area contributed by atoms with Gasteiger partial charge in [-0.25, -0.2) is 0 Å². The van der Waals surface area contributed by atoms with Crippen molar-refractivity contribution in [2.45, 2.75) is 6.92 Å². The Balaban J connectivity index is 1.57. The molecular formula is C22H14Cl2N2O5S. The number of hydrogen-bond donors (Lipinski definition) is 1. The molecule has 0 unspecified atom stereocenters. The molecule has 3 aromatic rings. The Labute approximate surface area is 196 Å². The quantitative estimate of drug-likeness (QED) is 0.514. The Morgan fingerprint density at radius 2 is 1.97 bits per heavy atom. The summed E-state index contributed by atoms with van der Waals surface area (Å²) in [5.74, 6) is -1.20. The molecule has 4 rings (SSSR count). The first-order valence-corrected chi connectivity index (χ1v) is 10.8. The number of rotatable bonds is 4. The van der Waals surface area contributed by atoms with Gasteiger partial charge in [-0.2, -0.15) is 0 Å². The molecule has 32 heavy (non-hydrogen) atoms. The maximum absolute atomic E-state index is 12.8. The fraction of sp³-hybridized carbons (Fsp3) is 0.0909.